The third kappa shape index (κ3) is 5.59. The van der Waals surface area contributed by atoms with Gasteiger partial charge in [0.1, 0.15) is 24.0 Å². The average Bonchev–Trinajstić information content (AvgIpc) is 2.74. The first kappa shape index (κ1) is 20.9. The Kier molecular flexibility index (Phi) is 6.67. The molecule has 0 bridgehead atoms. The van der Waals surface area contributed by atoms with Crippen LogP contribution in [0.15, 0.2) is 72.3 Å². The van der Waals surface area contributed by atoms with Gasteiger partial charge in [0.2, 0.25) is 0 Å². The largest absolute Gasteiger partial charge is 0.489 e. The van der Waals surface area contributed by atoms with Crippen LogP contribution in [0.2, 0.25) is 0 Å². The van der Waals surface area contributed by atoms with E-state index in [0.717, 1.165) is 28.0 Å². The van der Waals surface area contributed by atoms with Gasteiger partial charge in [-0.05, 0) is 67.3 Å². The van der Waals surface area contributed by atoms with Gasteiger partial charge in [-0.25, -0.2) is 0 Å². The molecule has 0 unspecified atom stereocenters. The van der Waals surface area contributed by atoms with Crippen LogP contribution in [0.3, 0.4) is 0 Å². The van der Waals surface area contributed by atoms with Gasteiger partial charge in [-0.3, -0.25) is 4.79 Å². The number of nitrogens with one attached hydrogen (secondary N) is 1. The van der Waals surface area contributed by atoms with Crippen LogP contribution in [-0.4, -0.2) is 5.91 Å². The van der Waals surface area contributed by atoms with Crippen molar-refractivity contribution in [2.24, 2.45) is 0 Å². The Bertz CT molecular complexity index is 1120. The Morgan fingerprint density at radius 1 is 1.00 bits per heavy atom. The number of anilines is 1. The number of aryl methyl sites for hydroxylation is 3. The van der Waals surface area contributed by atoms with Gasteiger partial charge in [-0.2, -0.15) is 5.26 Å². The van der Waals surface area contributed by atoms with Crippen molar-refractivity contribution < 1.29 is 9.53 Å². The second kappa shape index (κ2) is 9.58. The number of rotatable bonds is 6. The summed E-state index contributed by atoms with van der Waals surface area (Å²) in [6.07, 6.45) is 1.57. The highest BCUT2D eigenvalue weighted by atomic mass is 16.5. The van der Waals surface area contributed by atoms with E-state index in [4.69, 9.17) is 4.74 Å². The number of carbonyl (C=O) groups is 1. The molecule has 4 nitrogen and oxygen atoms in total. The van der Waals surface area contributed by atoms with Crippen LogP contribution in [-0.2, 0) is 11.4 Å². The zero-order valence-corrected chi connectivity index (χ0v) is 17.4. The van der Waals surface area contributed by atoms with Crippen LogP contribution >= 0.6 is 0 Å². The van der Waals surface area contributed by atoms with E-state index in [1.807, 2.05) is 87.5 Å². The molecule has 30 heavy (non-hydrogen) atoms. The molecule has 0 spiro atoms. The number of amides is 1. The second-order valence-corrected chi connectivity index (χ2v) is 7.29. The van der Waals surface area contributed by atoms with E-state index >= 15 is 0 Å². The van der Waals surface area contributed by atoms with Crippen molar-refractivity contribution in [1.82, 2.24) is 0 Å². The quantitative estimate of drug-likeness (QED) is 0.427. The number of ether oxygens (including phenoxy) is 1. The molecule has 0 radical (unpaired) electrons. The molecule has 150 valence electrons. The fourth-order valence-electron chi connectivity index (χ4n) is 3.00. The lowest BCUT2D eigenvalue weighted by atomic mass is 10.1. The molecule has 0 aliphatic carbocycles. The van der Waals surface area contributed by atoms with E-state index in [0.29, 0.717) is 12.3 Å². The SMILES string of the molecule is Cc1cccc(COc2ccc(/C=C(\C#N)C(=O)Nc3cc(C)ccc3C)cc2)c1. The lowest BCUT2D eigenvalue weighted by Crippen LogP contribution is -2.14. The first-order valence-electron chi connectivity index (χ1n) is 9.73. The van der Waals surface area contributed by atoms with E-state index in [1.54, 1.807) is 6.08 Å². The standard InChI is InChI=1S/C26H24N2O2/c1-18-5-4-6-22(13-18)17-30-24-11-9-21(10-12-24)15-23(16-27)26(29)28-25-14-19(2)7-8-20(25)3/h4-15H,17H2,1-3H3,(H,28,29)/b23-15+. The Morgan fingerprint density at radius 3 is 2.43 bits per heavy atom. The lowest BCUT2D eigenvalue weighted by molar-refractivity contribution is -0.112. The maximum absolute atomic E-state index is 12.5. The Hall–Kier alpha value is -3.84. The number of carbonyl (C=O) groups excluding carboxylic acids is 1. The number of hydrogen-bond acceptors (Lipinski definition) is 3. The molecule has 0 atom stereocenters. The summed E-state index contributed by atoms with van der Waals surface area (Å²) in [6, 6.07) is 23.3. The first-order chi connectivity index (χ1) is 14.4. The number of nitriles is 1. The van der Waals surface area contributed by atoms with Crippen molar-refractivity contribution in [2.75, 3.05) is 5.32 Å². The zero-order chi connectivity index (χ0) is 21.5. The van der Waals surface area contributed by atoms with Gasteiger partial charge in [0.05, 0.1) is 0 Å². The summed E-state index contributed by atoms with van der Waals surface area (Å²) in [7, 11) is 0. The molecule has 0 fully saturated rings. The fourth-order valence-corrected chi connectivity index (χ4v) is 3.00. The molecular formula is C26H24N2O2. The van der Waals surface area contributed by atoms with E-state index in [9.17, 15) is 10.1 Å². The molecule has 3 aromatic carbocycles. The molecule has 3 aromatic rings. The first-order valence-corrected chi connectivity index (χ1v) is 9.73. The van der Waals surface area contributed by atoms with Crippen molar-refractivity contribution in [3.8, 4) is 11.8 Å². The van der Waals surface area contributed by atoms with Crippen LogP contribution in [0.5, 0.6) is 5.75 Å². The minimum Gasteiger partial charge on any atom is -0.489 e. The van der Waals surface area contributed by atoms with Crippen LogP contribution < -0.4 is 10.1 Å². The van der Waals surface area contributed by atoms with Crippen LogP contribution in [0, 0.1) is 32.1 Å². The van der Waals surface area contributed by atoms with Crippen molar-refractivity contribution in [3.05, 3.63) is 100 Å². The summed E-state index contributed by atoms with van der Waals surface area (Å²) in [5.74, 6) is 0.304. The second-order valence-electron chi connectivity index (χ2n) is 7.29. The number of nitrogens with zero attached hydrogens (tertiary/aromatic N) is 1. The van der Waals surface area contributed by atoms with Gasteiger partial charge >= 0.3 is 0 Å². The lowest BCUT2D eigenvalue weighted by Gasteiger charge is -2.09. The summed E-state index contributed by atoms with van der Waals surface area (Å²) in [5.41, 5.74) is 5.80. The topological polar surface area (TPSA) is 62.1 Å². The summed E-state index contributed by atoms with van der Waals surface area (Å²) in [5, 5.41) is 12.3. The van der Waals surface area contributed by atoms with Gasteiger partial charge in [-0.1, -0.05) is 54.1 Å². The molecule has 0 aliphatic heterocycles. The summed E-state index contributed by atoms with van der Waals surface area (Å²) in [6.45, 7) is 6.41. The van der Waals surface area contributed by atoms with Gasteiger partial charge in [0.25, 0.3) is 5.91 Å². The highest BCUT2D eigenvalue weighted by Crippen LogP contribution is 2.19. The highest BCUT2D eigenvalue weighted by Gasteiger charge is 2.11. The monoisotopic (exact) mass is 396 g/mol. The van der Waals surface area contributed by atoms with E-state index in [-0.39, 0.29) is 5.57 Å². The van der Waals surface area contributed by atoms with Crippen molar-refractivity contribution in [2.45, 2.75) is 27.4 Å². The van der Waals surface area contributed by atoms with E-state index in [1.165, 1.54) is 5.56 Å². The minimum absolute atomic E-state index is 0.0457. The average molecular weight is 396 g/mol. The van der Waals surface area contributed by atoms with Crippen molar-refractivity contribution in [3.63, 3.8) is 0 Å². The molecule has 1 N–H and O–H groups in total. The number of benzene rings is 3. The maximum atomic E-state index is 12.5. The van der Waals surface area contributed by atoms with Crippen LogP contribution in [0.25, 0.3) is 6.08 Å². The van der Waals surface area contributed by atoms with Crippen LogP contribution in [0.4, 0.5) is 5.69 Å². The third-order valence-electron chi connectivity index (χ3n) is 4.69. The number of hydrogen-bond donors (Lipinski definition) is 1. The van der Waals surface area contributed by atoms with Crippen molar-refractivity contribution >= 4 is 17.7 Å². The van der Waals surface area contributed by atoms with Gasteiger partial charge in [0, 0.05) is 5.69 Å². The summed E-state index contributed by atoms with van der Waals surface area (Å²) < 4.78 is 5.82. The predicted octanol–water partition coefficient (Wildman–Crippen LogP) is 5.74. The van der Waals surface area contributed by atoms with Gasteiger partial charge in [0.15, 0.2) is 0 Å². The smallest absolute Gasteiger partial charge is 0.266 e. The highest BCUT2D eigenvalue weighted by molar-refractivity contribution is 6.10. The third-order valence-corrected chi connectivity index (χ3v) is 4.69. The maximum Gasteiger partial charge on any atom is 0.266 e. The summed E-state index contributed by atoms with van der Waals surface area (Å²) in [4.78, 5) is 12.5. The van der Waals surface area contributed by atoms with E-state index < -0.39 is 5.91 Å². The molecular weight excluding hydrogens is 372 g/mol. The molecule has 0 aromatic heterocycles. The normalized spacial score (nSPS) is 10.9. The minimum atomic E-state index is -0.425. The predicted molar refractivity (Wildman–Crippen MR) is 120 cm³/mol. The van der Waals surface area contributed by atoms with Gasteiger partial charge in [-0.15, -0.1) is 0 Å². The Labute approximate surface area is 177 Å². The van der Waals surface area contributed by atoms with Crippen LogP contribution in [0.1, 0.15) is 27.8 Å². The Morgan fingerprint density at radius 2 is 1.73 bits per heavy atom. The molecule has 0 aliphatic rings. The van der Waals surface area contributed by atoms with Crippen molar-refractivity contribution in [1.29, 1.82) is 5.26 Å². The Balaban J connectivity index is 1.67. The molecule has 0 heterocycles. The fraction of sp³-hybridized carbons (Fsp3) is 0.154. The summed E-state index contributed by atoms with van der Waals surface area (Å²) >= 11 is 0. The zero-order valence-electron chi connectivity index (χ0n) is 17.4. The van der Waals surface area contributed by atoms with E-state index in [2.05, 4.69) is 11.4 Å². The molecule has 3 rings (SSSR count). The molecule has 0 saturated heterocycles. The molecule has 1 amide bonds. The molecule has 0 saturated carbocycles. The molecule has 4 heteroatoms. The van der Waals surface area contributed by atoms with Gasteiger partial charge < -0.3 is 10.1 Å².